The van der Waals surface area contributed by atoms with Crippen molar-refractivity contribution in [2.75, 3.05) is 0 Å². The monoisotopic (exact) mass is 267 g/mol. The molecule has 6 heteroatoms. The average Bonchev–Trinajstić information content (AvgIpc) is 2.95. The van der Waals surface area contributed by atoms with E-state index in [1.165, 1.54) is 0 Å². The first-order valence-corrected chi connectivity index (χ1v) is 6.46. The number of carbonyl (C=O) groups excluding carboxylic acids is 1. The van der Waals surface area contributed by atoms with Crippen LogP contribution in [0.5, 0.6) is 0 Å². The topological polar surface area (TPSA) is 81.2 Å². The molecule has 1 fully saturated rings. The van der Waals surface area contributed by atoms with E-state index < -0.39 is 5.41 Å². The number of hydrogen-bond acceptors (Lipinski definition) is 4. The third kappa shape index (κ3) is 2.38. The van der Waals surface area contributed by atoms with Crippen LogP contribution in [0.25, 0.3) is 0 Å². The molecule has 0 aliphatic heterocycles. The first-order chi connectivity index (χ1) is 8.54. The van der Waals surface area contributed by atoms with Crippen LogP contribution in [0.15, 0.2) is 10.6 Å². The normalized spacial score (nSPS) is 17.6. The van der Waals surface area contributed by atoms with Gasteiger partial charge in [-0.3, -0.25) is 4.79 Å². The molecule has 1 aromatic rings. The number of aromatic nitrogens is 1. The van der Waals surface area contributed by atoms with Gasteiger partial charge < -0.3 is 15.6 Å². The summed E-state index contributed by atoms with van der Waals surface area (Å²) < 4.78 is 5.04. The second kappa shape index (κ2) is 5.06. The SMILES string of the molecule is Cc1cc(CNC(=O)C2(C(N)=S)CCCC2)on1. The predicted octanol–water partition coefficient (Wildman–Crippen LogP) is 1.45. The van der Waals surface area contributed by atoms with Crippen molar-refractivity contribution in [3.8, 4) is 0 Å². The predicted molar refractivity (Wildman–Crippen MR) is 70.8 cm³/mol. The number of thiocarbonyl (C=S) groups is 1. The molecule has 1 aromatic heterocycles. The largest absolute Gasteiger partial charge is 0.392 e. The van der Waals surface area contributed by atoms with E-state index in [0.29, 0.717) is 17.3 Å². The molecule has 3 N–H and O–H groups in total. The molecule has 1 heterocycles. The molecule has 1 aliphatic carbocycles. The zero-order valence-electron chi connectivity index (χ0n) is 10.4. The van der Waals surface area contributed by atoms with Gasteiger partial charge in [0.2, 0.25) is 5.91 Å². The van der Waals surface area contributed by atoms with Crippen LogP contribution in [0.3, 0.4) is 0 Å². The first-order valence-electron chi connectivity index (χ1n) is 6.05. The highest BCUT2D eigenvalue weighted by atomic mass is 32.1. The second-order valence-electron chi connectivity index (χ2n) is 4.77. The highest BCUT2D eigenvalue weighted by Crippen LogP contribution is 2.38. The van der Waals surface area contributed by atoms with Gasteiger partial charge in [0, 0.05) is 6.07 Å². The quantitative estimate of drug-likeness (QED) is 0.807. The number of aryl methyl sites for hydroxylation is 1. The maximum Gasteiger partial charge on any atom is 0.233 e. The highest BCUT2D eigenvalue weighted by Gasteiger charge is 2.43. The Kier molecular flexibility index (Phi) is 3.65. The van der Waals surface area contributed by atoms with Gasteiger partial charge >= 0.3 is 0 Å². The Morgan fingerprint density at radius 2 is 2.28 bits per heavy atom. The molecule has 0 unspecified atom stereocenters. The van der Waals surface area contributed by atoms with Crippen molar-refractivity contribution in [2.24, 2.45) is 11.1 Å². The summed E-state index contributed by atoms with van der Waals surface area (Å²) in [5.41, 5.74) is 5.87. The molecule has 0 radical (unpaired) electrons. The summed E-state index contributed by atoms with van der Waals surface area (Å²) in [6, 6.07) is 1.79. The first kappa shape index (κ1) is 13.0. The molecule has 18 heavy (non-hydrogen) atoms. The van der Waals surface area contributed by atoms with E-state index in [1.807, 2.05) is 6.92 Å². The van der Waals surface area contributed by atoms with Crippen molar-refractivity contribution in [2.45, 2.75) is 39.2 Å². The molecular weight excluding hydrogens is 250 g/mol. The van der Waals surface area contributed by atoms with Gasteiger partial charge in [0.25, 0.3) is 0 Å². The minimum atomic E-state index is -0.662. The molecule has 0 spiro atoms. The van der Waals surface area contributed by atoms with Crippen LogP contribution in [0.1, 0.15) is 37.1 Å². The fourth-order valence-corrected chi connectivity index (χ4v) is 2.70. The smallest absolute Gasteiger partial charge is 0.233 e. The van der Waals surface area contributed by atoms with Crippen molar-refractivity contribution in [1.82, 2.24) is 10.5 Å². The van der Waals surface area contributed by atoms with E-state index in [9.17, 15) is 4.79 Å². The van der Waals surface area contributed by atoms with Crippen LogP contribution < -0.4 is 11.1 Å². The van der Waals surface area contributed by atoms with Crippen molar-refractivity contribution < 1.29 is 9.32 Å². The summed E-state index contributed by atoms with van der Waals surface area (Å²) in [5.74, 6) is 0.540. The Morgan fingerprint density at radius 1 is 1.61 bits per heavy atom. The van der Waals surface area contributed by atoms with Gasteiger partial charge in [0.1, 0.15) is 0 Å². The summed E-state index contributed by atoms with van der Waals surface area (Å²) in [4.78, 5) is 12.5. The summed E-state index contributed by atoms with van der Waals surface area (Å²) in [5, 5.41) is 6.60. The van der Waals surface area contributed by atoms with E-state index in [0.717, 1.165) is 31.4 Å². The van der Waals surface area contributed by atoms with Crippen LogP contribution in [0.4, 0.5) is 0 Å². The van der Waals surface area contributed by atoms with Crippen LogP contribution in [-0.2, 0) is 11.3 Å². The highest BCUT2D eigenvalue weighted by molar-refractivity contribution is 7.80. The molecule has 0 bridgehead atoms. The maximum atomic E-state index is 12.2. The van der Waals surface area contributed by atoms with Gasteiger partial charge in [-0.25, -0.2) is 0 Å². The molecule has 5 nitrogen and oxygen atoms in total. The lowest BCUT2D eigenvalue weighted by Gasteiger charge is -2.25. The lowest BCUT2D eigenvalue weighted by atomic mass is 9.85. The van der Waals surface area contributed by atoms with Crippen LogP contribution >= 0.6 is 12.2 Å². The van der Waals surface area contributed by atoms with E-state index in [1.54, 1.807) is 6.07 Å². The molecule has 1 amide bonds. The zero-order chi connectivity index (χ0) is 13.2. The van der Waals surface area contributed by atoms with E-state index in [4.69, 9.17) is 22.5 Å². The molecule has 98 valence electrons. The fourth-order valence-electron chi connectivity index (χ4n) is 2.40. The van der Waals surface area contributed by atoms with Crippen molar-refractivity contribution in [3.05, 3.63) is 17.5 Å². The zero-order valence-corrected chi connectivity index (χ0v) is 11.2. The van der Waals surface area contributed by atoms with E-state index >= 15 is 0 Å². The third-order valence-corrected chi connectivity index (χ3v) is 3.85. The molecule has 1 aliphatic rings. The summed E-state index contributed by atoms with van der Waals surface area (Å²) in [6.45, 7) is 2.16. The summed E-state index contributed by atoms with van der Waals surface area (Å²) in [7, 11) is 0. The number of nitrogens with two attached hydrogens (primary N) is 1. The molecule has 2 rings (SSSR count). The Hall–Kier alpha value is -1.43. The minimum Gasteiger partial charge on any atom is -0.392 e. The summed E-state index contributed by atoms with van der Waals surface area (Å²) in [6.07, 6.45) is 3.46. The summed E-state index contributed by atoms with van der Waals surface area (Å²) >= 11 is 5.06. The number of hydrogen-bond donors (Lipinski definition) is 2. The van der Waals surface area contributed by atoms with Crippen molar-refractivity contribution in [3.63, 3.8) is 0 Å². The lowest BCUT2D eigenvalue weighted by molar-refractivity contribution is -0.127. The minimum absolute atomic E-state index is 0.0958. The number of nitrogens with one attached hydrogen (secondary N) is 1. The Labute approximate surface area is 111 Å². The molecule has 0 saturated heterocycles. The molecule has 0 aromatic carbocycles. The van der Waals surface area contributed by atoms with Crippen LogP contribution in [0, 0.1) is 12.3 Å². The van der Waals surface area contributed by atoms with Gasteiger partial charge in [-0.05, 0) is 19.8 Å². The Bertz CT molecular complexity index is 464. The van der Waals surface area contributed by atoms with Gasteiger partial charge in [-0.2, -0.15) is 0 Å². The van der Waals surface area contributed by atoms with Gasteiger partial charge in [-0.15, -0.1) is 0 Å². The molecule has 1 saturated carbocycles. The Morgan fingerprint density at radius 3 is 2.78 bits per heavy atom. The molecular formula is C12H17N3O2S. The number of rotatable bonds is 4. The van der Waals surface area contributed by atoms with Crippen LogP contribution in [0.2, 0.25) is 0 Å². The van der Waals surface area contributed by atoms with Gasteiger partial charge in [0.05, 0.1) is 22.6 Å². The number of carbonyl (C=O) groups is 1. The Balaban J connectivity index is 2.00. The number of amides is 1. The maximum absolute atomic E-state index is 12.2. The van der Waals surface area contributed by atoms with Gasteiger partial charge in [-0.1, -0.05) is 30.2 Å². The number of nitrogens with zero attached hydrogens (tertiary/aromatic N) is 1. The molecule has 0 atom stereocenters. The average molecular weight is 267 g/mol. The van der Waals surface area contributed by atoms with Crippen LogP contribution in [-0.4, -0.2) is 16.1 Å². The van der Waals surface area contributed by atoms with Gasteiger partial charge in [0.15, 0.2) is 5.76 Å². The fraction of sp³-hybridized carbons (Fsp3) is 0.583. The lowest BCUT2D eigenvalue weighted by Crippen LogP contribution is -2.46. The van der Waals surface area contributed by atoms with E-state index in [2.05, 4.69) is 10.5 Å². The van der Waals surface area contributed by atoms with Crippen molar-refractivity contribution >= 4 is 23.1 Å². The standard InChI is InChI=1S/C12H17N3O2S/c1-8-6-9(17-15-8)7-14-11(16)12(10(13)18)4-2-3-5-12/h6H,2-5,7H2,1H3,(H2,13,18)(H,14,16). The second-order valence-corrected chi connectivity index (χ2v) is 5.21. The van der Waals surface area contributed by atoms with E-state index in [-0.39, 0.29) is 5.91 Å². The third-order valence-electron chi connectivity index (χ3n) is 3.46. The van der Waals surface area contributed by atoms with Crippen molar-refractivity contribution in [1.29, 1.82) is 0 Å².